The maximum atomic E-state index is 12.9. The summed E-state index contributed by atoms with van der Waals surface area (Å²) in [5.74, 6) is 0.368. The van der Waals surface area contributed by atoms with Gasteiger partial charge in [-0.2, -0.15) is 0 Å². The van der Waals surface area contributed by atoms with Crippen LogP contribution in [0, 0.1) is 0 Å². The van der Waals surface area contributed by atoms with Crippen molar-refractivity contribution in [2.75, 3.05) is 19.8 Å². The number of aliphatic hydroxyl groups is 1. The number of aliphatic imine (C=N–C) groups is 1. The first-order valence-corrected chi connectivity index (χ1v) is 11.5. The van der Waals surface area contributed by atoms with Gasteiger partial charge in [-0.1, -0.05) is 48.7 Å². The van der Waals surface area contributed by atoms with E-state index in [0.29, 0.717) is 16.5 Å². The van der Waals surface area contributed by atoms with E-state index in [-0.39, 0.29) is 16.0 Å². The molecule has 1 heterocycles. The van der Waals surface area contributed by atoms with Crippen LogP contribution in [0.4, 0.5) is 0 Å². The van der Waals surface area contributed by atoms with Crippen LogP contribution in [0.1, 0.15) is 37.7 Å². The highest BCUT2D eigenvalue weighted by molar-refractivity contribution is 8.14. The normalized spacial score (nSPS) is 26.6. The number of sulfonamides is 1. The monoisotopic (exact) mass is 417 g/mol. The third kappa shape index (κ3) is 3.75. The van der Waals surface area contributed by atoms with Gasteiger partial charge < -0.3 is 10.0 Å². The van der Waals surface area contributed by atoms with Gasteiger partial charge in [0.1, 0.15) is 4.90 Å². The molecule has 2 fully saturated rings. The first kappa shape index (κ1) is 19.9. The van der Waals surface area contributed by atoms with E-state index in [1.165, 1.54) is 23.9 Å². The quantitative estimate of drug-likeness (QED) is 0.787. The van der Waals surface area contributed by atoms with Crippen molar-refractivity contribution < 1.29 is 13.5 Å². The van der Waals surface area contributed by atoms with E-state index in [2.05, 4.69) is 9.71 Å². The molecule has 9 heteroatoms. The van der Waals surface area contributed by atoms with E-state index in [1.54, 1.807) is 25.1 Å². The predicted octanol–water partition coefficient (Wildman–Crippen LogP) is 2.76. The lowest BCUT2D eigenvalue weighted by atomic mass is 9.96. The van der Waals surface area contributed by atoms with Crippen molar-refractivity contribution in [2.45, 2.75) is 48.8 Å². The van der Waals surface area contributed by atoms with Gasteiger partial charge in [0.15, 0.2) is 10.9 Å². The first-order valence-electron chi connectivity index (χ1n) is 8.66. The molecule has 1 aromatic rings. The van der Waals surface area contributed by atoms with Crippen LogP contribution in [0.2, 0.25) is 5.02 Å². The molecule has 1 aliphatic carbocycles. The van der Waals surface area contributed by atoms with Crippen LogP contribution in [0.3, 0.4) is 0 Å². The summed E-state index contributed by atoms with van der Waals surface area (Å²) >= 11 is 7.63. The second-order valence-electron chi connectivity index (χ2n) is 6.77. The third-order valence-corrected chi connectivity index (χ3v) is 8.31. The molecule has 1 unspecified atom stereocenters. The van der Waals surface area contributed by atoms with Crippen molar-refractivity contribution in [1.29, 1.82) is 0 Å². The fraction of sp³-hybridized carbons (Fsp3) is 0.588. The molecule has 0 radical (unpaired) electrons. The average Bonchev–Trinajstić information content (AvgIpc) is 2.91. The van der Waals surface area contributed by atoms with Crippen LogP contribution >= 0.6 is 23.4 Å². The van der Waals surface area contributed by atoms with E-state index in [0.717, 1.165) is 32.1 Å². The molecule has 0 aromatic heterocycles. The zero-order valence-corrected chi connectivity index (χ0v) is 17.3. The van der Waals surface area contributed by atoms with Gasteiger partial charge >= 0.3 is 0 Å². The third-order valence-electron chi connectivity index (χ3n) is 5.05. The van der Waals surface area contributed by atoms with Crippen LogP contribution in [0.15, 0.2) is 28.1 Å². The topological polar surface area (TPSA) is 82.0 Å². The molecule has 3 rings (SSSR count). The van der Waals surface area contributed by atoms with Gasteiger partial charge in [0, 0.05) is 25.7 Å². The van der Waals surface area contributed by atoms with Crippen molar-refractivity contribution in [3.63, 3.8) is 0 Å². The first-order chi connectivity index (χ1) is 12.3. The van der Waals surface area contributed by atoms with Gasteiger partial charge in [-0.15, -0.1) is 0 Å². The lowest BCUT2D eigenvalue weighted by molar-refractivity contribution is -0.0349. The van der Waals surface area contributed by atoms with E-state index >= 15 is 0 Å². The summed E-state index contributed by atoms with van der Waals surface area (Å²) in [6.45, 7) is 0. The van der Waals surface area contributed by atoms with Crippen molar-refractivity contribution in [2.24, 2.45) is 4.99 Å². The molecule has 26 heavy (non-hydrogen) atoms. The number of nitrogens with one attached hydrogen (secondary N) is 1. The van der Waals surface area contributed by atoms with Crippen LogP contribution in [-0.2, 0) is 15.7 Å². The Morgan fingerprint density at radius 3 is 2.65 bits per heavy atom. The smallest absolute Gasteiger partial charge is 0.242 e. The average molecular weight is 418 g/mol. The highest BCUT2D eigenvalue weighted by Gasteiger charge is 2.43. The summed E-state index contributed by atoms with van der Waals surface area (Å²) in [6, 6.07) is 4.62. The Labute approximate surface area is 164 Å². The maximum absolute atomic E-state index is 12.9. The minimum atomic E-state index is -3.75. The Morgan fingerprint density at radius 1 is 1.35 bits per heavy atom. The molecular weight excluding hydrogens is 394 g/mol. The van der Waals surface area contributed by atoms with Gasteiger partial charge in [0.2, 0.25) is 10.0 Å². The minimum absolute atomic E-state index is 0.0101. The number of hydrogen-bond donors (Lipinski definition) is 2. The SMILES string of the molecule is CN=C1SCC(O)(c2ccc(Cl)c(S(=O)(=O)NC3CCCCC3)c2)N1C. The van der Waals surface area contributed by atoms with Gasteiger partial charge in [0.25, 0.3) is 0 Å². The molecule has 1 atom stereocenters. The number of amidine groups is 1. The summed E-state index contributed by atoms with van der Waals surface area (Å²) < 4.78 is 28.5. The van der Waals surface area contributed by atoms with Crippen molar-refractivity contribution in [3.8, 4) is 0 Å². The second kappa shape index (κ2) is 7.67. The second-order valence-corrected chi connectivity index (χ2v) is 9.80. The predicted molar refractivity (Wildman–Crippen MR) is 106 cm³/mol. The van der Waals surface area contributed by atoms with Gasteiger partial charge in [0.05, 0.1) is 10.8 Å². The number of halogens is 1. The van der Waals surface area contributed by atoms with E-state index in [4.69, 9.17) is 11.6 Å². The molecule has 144 valence electrons. The maximum Gasteiger partial charge on any atom is 0.242 e. The van der Waals surface area contributed by atoms with Crippen molar-refractivity contribution >= 4 is 38.6 Å². The summed E-state index contributed by atoms with van der Waals surface area (Å²) in [4.78, 5) is 5.81. The molecule has 2 aliphatic rings. The minimum Gasteiger partial charge on any atom is -0.366 e. The molecule has 1 saturated heterocycles. The van der Waals surface area contributed by atoms with Gasteiger partial charge in [-0.25, -0.2) is 13.1 Å². The van der Waals surface area contributed by atoms with Crippen LogP contribution in [0.5, 0.6) is 0 Å². The Bertz CT molecular complexity index is 809. The molecule has 1 aliphatic heterocycles. The number of nitrogens with zero attached hydrogens (tertiary/aromatic N) is 2. The molecule has 0 amide bonds. The molecule has 6 nitrogen and oxygen atoms in total. The Morgan fingerprint density at radius 2 is 2.04 bits per heavy atom. The number of rotatable bonds is 4. The van der Waals surface area contributed by atoms with Crippen molar-refractivity contribution in [1.82, 2.24) is 9.62 Å². The molecule has 1 saturated carbocycles. The summed E-state index contributed by atoms with van der Waals surface area (Å²) in [5, 5.41) is 12.0. The number of hydrogen-bond acceptors (Lipinski definition) is 5. The highest BCUT2D eigenvalue weighted by Crippen LogP contribution is 2.39. The van der Waals surface area contributed by atoms with Crippen LogP contribution in [-0.4, -0.2) is 49.5 Å². The molecule has 1 aromatic carbocycles. The van der Waals surface area contributed by atoms with Crippen LogP contribution in [0.25, 0.3) is 0 Å². The van der Waals surface area contributed by atoms with Gasteiger partial charge in [-0.05, 0) is 25.0 Å². The summed E-state index contributed by atoms with van der Waals surface area (Å²) in [5.41, 5.74) is -0.835. The number of benzene rings is 1. The van der Waals surface area contributed by atoms with Crippen LogP contribution < -0.4 is 4.72 Å². The van der Waals surface area contributed by atoms with E-state index in [9.17, 15) is 13.5 Å². The summed E-state index contributed by atoms with van der Waals surface area (Å²) in [7, 11) is -0.350. The summed E-state index contributed by atoms with van der Waals surface area (Å²) in [6.07, 6.45) is 4.89. The lowest BCUT2D eigenvalue weighted by Gasteiger charge is -2.31. The Hall–Kier alpha value is -0.800. The zero-order chi connectivity index (χ0) is 18.9. The number of thioether (sulfide) groups is 1. The molecule has 0 bridgehead atoms. The largest absolute Gasteiger partial charge is 0.366 e. The molecule has 2 N–H and O–H groups in total. The standard InChI is InChI=1S/C17H24ClN3O3S2/c1-19-16-21(2)17(22,11-25-16)12-8-9-14(18)15(10-12)26(23,24)20-13-6-4-3-5-7-13/h8-10,13,20,22H,3-7,11H2,1-2H3. The van der Waals surface area contributed by atoms with Gasteiger partial charge in [-0.3, -0.25) is 4.99 Å². The fourth-order valence-electron chi connectivity index (χ4n) is 3.47. The highest BCUT2D eigenvalue weighted by atomic mass is 35.5. The van der Waals surface area contributed by atoms with E-state index < -0.39 is 15.7 Å². The molecular formula is C17H24ClN3O3S2. The van der Waals surface area contributed by atoms with Crippen molar-refractivity contribution in [3.05, 3.63) is 28.8 Å². The lowest BCUT2D eigenvalue weighted by Crippen LogP contribution is -2.42. The fourth-order valence-corrected chi connectivity index (χ4v) is 6.47. The van der Waals surface area contributed by atoms with E-state index in [1.807, 2.05) is 0 Å². The molecule has 0 spiro atoms. The zero-order valence-electron chi connectivity index (χ0n) is 14.9. The Kier molecular flexibility index (Phi) is 5.89. The Balaban J connectivity index is 1.93.